The predicted molar refractivity (Wildman–Crippen MR) is 154 cm³/mol. The van der Waals surface area contributed by atoms with Gasteiger partial charge in [-0.3, -0.25) is 0 Å². The van der Waals surface area contributed by atoms with Crippen LogP contribution in [0.2, 0.25) is 0 Å². The average molecular weight is 486 g/mol. The number of nitrogens with zero attached hydrogens (tertiary/aromatic N) is 1. The molecule has 4 heteroatoms. The van der Waals surface area contributed by atoms with Crippen molar-refractivity contribution in [3.05, 3.63) is 101 Å². The molecule has 1 N–H and O–H groups in total. The van der Waals surface area contributed by atoms with Crippen LogP contribution in [-0.2, 0) is 11.3 Å². The molecule has 0 aliphatic carbocycles. The molecular weight excluding hydrogens is 446 g/mol. The zero-order valence-corrected chi connectivity index (χ0v) is 22.6. The standard InChI is InChI=1S/C28H27NO3.2C2H6/c1-19-9-7-13-25-26-14-8-12-23(28(26)31-27(19)25)15-16-24(22-10-5-4-6-11-22)18-29-32-21(3)17-20(2)30;2*1-2/h4-14,16-18,20,30H,15H2,1-3H3;2*1-2H3/b21-17-,24-16+,29-18+;;. The van der Waals surface area contributed by atoms with Crippen molar-refractivity contribution in [1.29, 1.82) is 0 Å². The molecule has 1 aromatic heterocycles. The van der Waals surface area contributed by atoms with Crippen LogP contribution in [-0.4, -0.2) is 17.4 Å². The lowest BCUT2D eigenvalue weighted by Gasteiger charge is -2.05. The first-order chi connectivity index (χ1) is 17.5. The van der Waals surface area contributed by atoms with E-state index >= 15 is 0 Å². The van der Waals surface area contributed by atoms with Crippen molar-refractivity contribution in [2.24, 2.45) is 5.16 Å². The fourth-order valence-corrected chi connectivity index (χ4v) is 3.81. The number of fused-ring (bicyclic) bond motifs is 3. The van der Waals surface area contributed by atoms with Crippen molar-refractivity contribution in [2.45, 2.75) is 61.0 Å². The third kappa shape index (κ3) is 7.43. The summed E-state index contributed by atoms with van der Waals surface area (Å²) in [6, 6.07) is 22.6. The van der Waals surface area contributed by atoms with Crippen LogP contribution in [0.5, 0.6) is 0 Å². The highest BCUT2D eigenvalue weighted by atomic mass is 16.6. The van der Waals surface area contributed by atoms with Crippen molar-refractivity contribution >= 4 is 33.7 Å². The third-order valence-corrected chi connectivity index (χ3v) is 5.32. The van der Waals surface area contributed by atoms with Crippen molar-refractivity contribution < 1.29 is 14.4 Å². The quantitative estimate of drug-likeness (QED) is 0.162. The van der Waals surface area contributed by atoms with Crippen molar-refractivity contribution in [2.75, 3.05) is 0 Å². The van der Waals surface area contributed by atoms with Gasteiger partial charge < -0.3 is 14.4 Å². The number of benzene rings is 3. The number of hydrogen-bond donors (Lipinski definition) is 1. The Balaban J connectivity index is 0.00000109. The zero-order chi connectivity index (χ0) is 26.5. The second kappa shape index (κ2) is 14.7. The number of aryl methyl sites for hydroxylation is 1. The molecule has 0 saturated heterocycles. The minimum Gasteiger partial charge on any atom is -0.455 e. The summed E-state index contributed by atoms with van der Waals surface area (Å²) in [7, 11) is 0. The molecule has 0 radical (unpaired) electrons. The number of para-hydroxylation sites is 2. The molecule has 0 aliphatic heterocycles. The summed E-state index contributed by atoms with van der Waals surface area (Å²) in [5.74, 6) is 0.547. The molecule has 0 bridgehead atoms. The van der Waals surface area contributed by atoms with Gasteiger partial charge in [0.15, 0.2) is 0 Å². The number of oxime groups is 1. The molecule has 190 valence electrons. The number of furan rings is 1. The van der Waals surface area contributed by atoms with Gasteiger partial charge in [0.25, 0.3) is 0 Å². The molecule has 1 atom stereocenters. The number of rotatable bonds is 7. The van der Waals surface area contributed by atoms with Crippen molar-refractivity contribution in [3.8, 4) is 0 Å². The molecule has 4 nitrogen and oxygen atoms in total. The van der Waals surface area contributed by atoms with Gasteiger partial charge in [-0.05, 0) is 55.5 Å². The summed E-state index contributed by atoms with van der Waals surface area (Å²) in [5, 5.41) is 15.8. The second-order valence-corrected chi connectivity index (χ2v) is 7.92. The first-order valence-corrected chi connectivity index (χ1v) is 12.7. The maximum absolute atomic E-state index is 9.45. The van der Waals surface area contributed by atoms with Gasteiger partial charge in [0.2, 0.25) is 0 Å². The Morgan fingerprint density at radius 3 is 2.22 bits per heavy atom. The lowest BCUT2D eigenvalue weighted by Crippen LogP contribution is -1.96. The van der Waals surface area contributed by atoms with Gasteiger partial charge in [-0.25, -0.2) is 0 Å². The van der Waals surface area contributed by atoms with Crippen molar-refractivity contribution in [1.82, 2.24) is 0 Å². The number of allylic oxidation sites excluding steroid dienone is 3. The van der Waals surface area contributed by atoms with Crippen LogP contribution in [0, 0.1) is 6.92 Å². The maximum Gasteiger partial charge on any atom is 0.138 e. The Morgan fingerprint density at radius 1 is 0.917 bits per heavy atom. The SMILES string of the molecule is C/C(=C/C(C)O)O/N=C/C(=C\Cc1cccc2c1oc1c(C)cccc12)c1ccccc1.CC.CC. The fraction of sp³-hybridized carbons (Fsp3) is 0.281. The van der Waals surface area contributed by atoms with Crippen LogP contribution in [0.15, 0.2) is 94.2 Å². The van der Waals surface area contributed by atoms with E-state index < -0.39 is 6.10 Å². The molecule has 0 spiro atoms. The topological polar surface area (TPSA) is 55.0 Å². The monoisotopic (exact) mass is 485 g/mol. The summed E-state index contributed by atoms with van der Waals surface area (Å²) in [5.41, 5.74) is 6.10. The Kier molecular flexibility index (Phi) is 11.7. The molecular formula is C32H39NO3. The summed E-state index contributed by atoms with van der Waals surface area (Å²) in [4.78, 5) is 5.39. The van der Waals surface area contributed by atoms with Gasteiger partial charge in [0, 0.05) is 10.8 Å². The lowest BCUT2D eigenvalue weighted by atomic mass is 10.0. The summed E-state index contributed by atoms with van der Waals surface area (Å²) in [6.45, 7) is 13.5. The highest BCUT2D eigenvalue weighted by Crippen LogP contribution is 2.33. The molecule has 0 aliphatic rings. The Morgan fingerprint density at radius 2 is 1.56 bits per heavy atom. The van der Waals surface area contributed by atoms with Gasteiger partial charge in [0.1, 0.15) is 16.9 Å². The average Bonchev–Trinajstić information content (AvgIpc) is 3.29. The molecule has 3 aromatic carbocycles. The van der Waals surface area contributed by atoms with E-state index in [4.69, 9.17) is 9.25 Å². The van der Waals surface area contributed by atoms with Crippen molar-refractivity contribution in [3.63, 3.8) is 0 Å². The van der Waals surface area contributed by atoms with Crippen LogP contribution in [0.25, 0.3) is 27.5 Å². The fourth-order valence-electron chi connectivity index (χ4n) is 3.81. The van der Waals surface area contributed by atoms with E-state index in [9.17, 15) is 5.11 Å². The van der Waals surface area contributed by atoms with Gasteiger partial charge in [-0.15, -0.1) is 0 Å². The van der Waals surface area contributed by atoms with Crippen LogP contribution in [0.1, 0.15) is 58.2 Å². The molecule has 4 aromatic rings. The molecule has 0 fully saturated rings. The minimum absolute atomic E-state index is 0.547. The van der Waals surface area contributed by atoms with E-state index in [1.807, 2.05) is 58.0 Å². The van der Waals surface area contributed by atoms with E-state index in [2.05, 4.69) is 54.6 Å². The number of aliphatic hydroxyl groups excluding tert-OH is 1. The third-order valence-electron chi connectivity index (χ3n) is 5.32. The Bertz CT molecular complexity index is 1310. The number of aliphatic hydroxyl groups is 1. The van der Waals surface area contributed by atoms with Crippen LogP contribution >= 0.6 is 0 Å². The summed E-state index contributed by atoms with van der Waals surface area (Å²) in [6.07, 6.45) is 5.55. The largest absolute Gasteiger partial charge is 0.455 e. The van der Waals surface area contributed by atoms with E-state index in [0.29, 0.717) is 12.2 Å². The lowest BCUT2D eigenvalue weighted by molar-refractivity contribution is 0.206. The van der Waals surface area contributed by atoms with Gasteiger partial charge in [0.05, 0.1) is 12.3 Å². The zero-order valence-electron chi connectivity index (χ0n) is 22.6. The first-order valence-electron chi connectivity index (χ1n) is 12.7. The summed E-state index contributed by atoms with van der Waals surface area (Å²) < 4.78 is 6.28. The first kappa shape index (κ1) is 28.6. The van der Waals surface area contributed by atoms with E-state index in [1.165, 1.54) is 0 Å². The van der Waals surface area contributed by atoms with Gasteiger partial charge in [-0.2, -0.15) is 0 Å². The Labute approximate surface area is 215 Å². The van der Waals surface area contributed by atoms with Crippen LogP contribution in [0.4, 0.5) is 0 Å². The van der Waals surface area contributed by atoms with Crippen LogP contribution < -0.4 is 0 Å². The van der Waals surface area contributed by atoms with Crippen LogP contribution in [0.3, 0.4) is 0 Å². The molecule has 4 rings (SSSR count). The molecule has 1 heterocycles. The van der Waals surface area contributed by atoms with E-state index in [0.717, 1.165) is 44.2 Å². The highest BCUT2D eigenvalue weighted by molar-refractivity contribution is 6.10. The highest BCUT2D eigenvalue weighted by Gasteiger charge is 2.11. The van der Waals surface area contributed by atoms with E-state index in [-0.39, 0.29) is 0 Å². The van der Waals surface area contributed by atoms with Gasteiger partial charge in [-0.1, -0.05) is 106 Å². The normalized spacial score (nSPS) is 12.7. The Hall–Kier alpha value is -3.63. The predicted octanol–water partition coefficient (Wildman–Crippen LogP) is 8.86. The van der Waals surface area contributed by atoms with Gasteiger partial charge >= 0.3 is 0 Å². The molecule has 36 heavy (non-hydrogen) atoms. The molecule has 1 unspecified atom stereocenters. The van der Waals surface area contributed by atoms with E-state index in [1.54, 1.807) is 26.1 Å². The smallest absolute Gasteiger partial charge is 0.138 e. The summed E-state index contributed by atoms with van der Waals surface area (Å²) >= 11 is 0. The molecule has 0 saturated carbocycles. The second-order valence-electron chi connectivity index (χ2n) is 7.92. The molecule has 0 amide bonds. The maximum atomic E-state index is 9.45. The minimum atomic E-state index is -0.581. The number of hydrogen-bond acceptors (Lipinski definition) is 4.